The summed E-state index contributed by atoms with van der Waals surface area (Å²) in [6, 6.07) is 0. The second-order valence-electron chi connectivity index (χ2n) is 3.59. The fraction of sp³-hybridized carbons (Fsp3) is 1.00. The summed E-state index contributed by atoms with van der Waals surface area (Å²) in [6.45, 7) is 5.50. The number of hydrogen-bond donors (Lipinski definition) is 2. The minimum Gasteiger partial charge on any atom is -0.382 e. The lowest BCUT2D eigenvalue weighted by molar-refractivity contribution is -0.0999. The summed E-state index contributed by atoms with van der Waals surface area (Å²) in [4.78, 5) is 17.4. The highest BCUT2D eigenvalue weighted by molar-refractivity contribution is 7.46. The summed E-state index contributed by atoms with van der Waals surface area (Å²) < 4.78 is 25.7. The van der Waals surface area contributed by atoms with Gasteiger partial charge in [-0.15, -0.1) is 0 Å². The monoisotopic (exact) mass is 270 g/mol. The van der Waals surface area contributed by atoms with E-state index in [1.807, 2.05) is 13.8 Å². The molecule has 6 nitrogen and oxygen atoms in total. The summed E-state index contributed by atoms with van der Waals surface area (Å²) in [5.74, 6) is 0. The van der Waals surface area contributed by atoms with Gasteiger partial charge in [0.05, 0.1) is 0 Å². The average Bonchev–Trinajstić information content (AvgIpc) is 2.22. The van der Waals surface area contributed by atoms with Crippen molar-refractivity contribution in [2.24, 2.45) is 0 Å². The third kappa shape index (κ3) is 12.3. The standard InChI is InChI=1S/C10H23O6P/c1-3-5-9-15-10(16-17(11,12)13)7-6-8-14-4-2/h10H,3-9H2,1-2H3,(H2,11,12,13). The molecule has 0 saturated carbocycles. The topological polar surface area (TPSA) is 85.2 Å². The van der Waals surface area contributed by atoms with Crippen molar-refractivity contribution in [3.63, 3.8) is 0 Å². The van der Waals surface area contributed by atoms with Crippen LogP contribution in [0.5, 0.6) is 0 Å². The van der Waals surface area contributed by atoms with Gasteiger partial charge in [0.1, 0.15) is 0 Å². The minimum absolute atomic E-state index is 0.412. The van der Waals surface area contributed by atoms with Crippen LogP contribution in [0, 0.1) is 0 Å². The first-order chi connectivity index (χ1) is 7.99. The van der Waals surface area contributed by atoms with Crippen molar-refractivity contribution in [1.82, 2.24) is 0 Å². The lowest BCUT2D eigenvalue weighted by atomic mass is 10.3. The molecule has 0 heterocycles. The van der Waals surface area contributed by atoms with Crippen LogP contribution in [-0.4, -0.2) is 35.9 Å². The van der Waals surface area contributed by atoms with E-state index in [2.05, 4.69) is 4.52 Å². The van der Waals surface area contributed by atoms with E-state index in [-0.39, 0.29) is 0 Å². The molecule has 0 fully saturated rings. The van der Waals surface area contributed by atoms with Crippen LogP contribution in [-0.2, 0) is 18.6 Å². The molecule has 0 aliphatic carbocycles. The number of phosphoric ester groups is 1. The average molecular weight is 270 g/mol. The molecular formula is C10H23O6P. The Morgan fingerprint density at radius 2 is 1.88 bits per heavy atom. The summed E-state index contributed by atoms with van der Waals surface area (Å²) >= 11 is 0. The highest BCUT2D eigenvalue weighted by Gasteiger charge is 2.22. The molecule has 2 N–H and O–H groups in total. The summed E-state index contributed by atoms with van der Waals surface area (Å²) in [5.41, 5.74) is 0. The molecule has 0 aromatic rings. The van der Waals surface area contributed by atoms with Crippen LogP contribution in [0.25, 0.3) is 0 Å². The fourth-order valence-electron chi connectivity index (χ4n) is 1.18. The first-order valence-electron chi connectivity index (χ1n) is 5.93. The molecule has 0 radical (unpaired) electrons. The Kier molecular flexibility index (Phi) is 10.0. The number of hydrogen-bond acceptors (Lipinski definition) is 4. The van der Waals surface area contributed by atoms with Crippen molar-refractivity contribution >= 4 is 7.82 Å². The Morgan fingerprint density at radius 3 is 2.41 bits per heavy atom. The Bertz CT molecular complexity index is 217. The van der Waals surface area contributed by atoms with E-state index >= 15 is 0 Å². The van der Waals surface area contributed by atoms with E-state index < -0.39 is 14.1 Å². The van der Waals surface area contributed by atoms with Gasteiger partial charge in [-0.3, -0.25) is 4.52 Å². The van der Waals surface area contributed by atoms with Crippen LogP contribution in [0.1, 0.15) is 39.5 Å². The maximum Gasteiger partial charge on any atom is 0.471 e. The first-order valence-corrected chi connectivity index (χ1v) is 7.46. The van der Waals surface area contributed by atoms with Gasteiger partial charge >= 0.3 is 7.82 Å². The molecule has 0 amide bonds. The van der Waals surface area contributed by atoms with Crippen LogP contribution in [0.15, 0.2) is 0 Å². The van der Waals surface area contributed by atoms with Crippen LogP contribution in [0.4, 0.5) is 0 Å². The lowest BCUT2D eigenvalue weighted by Crippen LogP contribution is -2.17. The van der Waals surface area contributed by atoms with Gasteiger partial charge in [-0.1, -0.05) is 13.3 Å². The van der Waals surface area contributed by atoms with Crippen LogP contribution >= 0.6 is 7.82 Å². The van der Waals surface area contributed by atoms with Gasteiger partial charge < -0.3 is 19.3 Å². The van der Waals surface area contributed by atoms with Gasteiger partial charge in [-0.05, 0) is 19.8 Å². The van der Waals surface area contributed by atoms with Gasteiger partial charge in [0.25, 0.3) is 0 Å². The quantitative estimate of drug-likeness (QED) is 0.339. The van der Waals surface area contributed by atoms with E-state index in [0.717, 1.165) is 12.8 Å². The molecule has 1 atom stereocenters. The number of ether oxygens (including phenoxy) is 2. The van der Waals surface area contributed by atoms with Crippen molar-refractivity contribution < 1.29 is 28.3 Å². The molecule has 7 heteroatoms. The molecule has 0 rings (SSSR count). The zero-order chi connectivity index (χ0) is 13.1. The lowest BCUT2D eigenvalue weighted by Gasteiger charge is -2.18. The predicted molar refractivity (Wildman–Crippen MR) is 63.5 cm³/mol. The highest BCUT2D eigenvalue weighted by Crippen LogP contribution is 2.38. The third-order valence-corrected chi connectivity index (χ3v) is 2.50. The maximum atomic E-state index is 10.7. The van der Waals surface area contributed by atoms with E-state index in [1.54, 1.807) is 0 Å². The zero-order valence-corrected chi connectivity index (χ0v) is 11.4. The van der Waals surface area contributed by atoms with E-state index in [1.165, 1.54) is 0 Å². The Labute approximate surface area is 103 Å². The second-order valence-corrected chi connectivity index (χ2v) is 4.78. The van der Waals surface area contributed by atoms with Gasteiger partial charge in [-0.25, -0.2) is 4.57 Å². The van der Waals surface area contributed by atoms with Crippen LogP contribution < -0.4 is 0 Å². The zero-order valence-electron chi connectivity index (χ0n) is 10.5. The summed E-state index contributed by atoms with van der Waals surface area (Å²) in [5, 5.41) is 0. The molecule has 104 valence electrons. The van der Waals surface area contributed by atoms with E-state index in [0.29, 0.717) is 32.7 Å². The van der Waals surface area contributed by atoms with Crippen molar-refractivity contribution in [3.05, 3.63) is 0 Å². The molecule has 0 aromatic carbocycles. The van der Waals surface area contributed by atoms with Crippen molar-refractivity contribution in [2.75, 3.05) is 19.8 Å². The van der Waals surface area contributed by atoms with Crippen molar-refractivity contribution in [1.29, 1.82) is 0 Å². The number of phosphoric acid groups is 1. The number of rotatable bonds is 11. The predicted octanol–water partition coefficient (Wildman–Crippen LogP) is 2.06. The Morgan fingerprint density at radius 1 is 1.18 bits per heavy atom. The molecule has 1 unspecified atom stereocenters. The fourth-order valence-corrected chi connectivity index (χ4v) is 1.65. The van der Waals surface area contributed by atoms with Gasteiger partial charge in [0.15, 0.2) is 6.29 Å². The second kappa shape index (κ2) is 10.00. The van der Waals surface area contributed by atoms with Crippen LogP contribution in [0.3, 0.4) is 0 Å². The van der Waals surface area contributed by atoms with E-state index in [4.69, 9.17) is 19.3 Å². The maximum absolute atomic E-state index is 10.7. The third-order valence-electron chi connectivity index (χ3n) is 1.99. The molecule has 0 aliphatic rings. The smallest absolute Gasteiger partial charge is 0.382 e. The Balaban J connectivity index is 3.89. The Hall–Kier alpha value is 0.0300. The summed E-state index contributed by atoms with van der Waals surface area (Å²) in [7, 11) is -4.49. The minimum atomic E-state index is -4.49. The first kappa shape index (κ1) is 17.0. The molecule has 0 spiro atoms. The largest absolute Gasteiger partial charge is 0.471 e. The van der Waals surface area contributed by atoms with Gasteiger partial charge in [-0.2, -0.15) is 0 Å². The van der Waals surface area contributed by atoms with Crippen molar-refractivity contribution in [3.8, 4) is 0 Å². The van der Waals surface area contributed by atoms with Crippen LogP contribution in [0.2, 0.25) is 0 Å². The van der Waals surface area contributed by atoms with Gasteiger partial charge in [0.2, 0.25) is 0 Å². The molecule has 0 aliphatic heterocycles. The normalized spacial score (nSPS) is 13.9. The molecule has 0 saturated heterocycles. The SMILES string of the molecule is CCCCOC(CCCOCC)OP(=O)(O)O. The van der Waals surface area contributed by atoms with E-state index in [9.17, 15) is 4.57 Å². The molecular weight excluding hydrogens is 247 g/mol. The highest BCUT2D eigenvalue weighted by atomic mass is 31.2. The molecule has 17 heavy (non-hydrogen) atoms. The van der Waals surface area contributed by atoms with Crippen molar-refractivity contribution in [2.45, 2.75) is 45.8 Å². The molecule has 0 aromatic heterocycles. The summed E-state index contributed by atoms with van der Waals surface area (Å²) in [6.07, 6.45) is 2.00. The van der Waals surface area contributed by atoms with Gasteiger partial charge in [0, 0.05) is 26.2 Å². The number of unbranched alkanes of at least 4 members (excludes halogenated alkanes) is 1. The molecule has 0 bridgehead atoms.